The van der Waals surface area contributed by atoms with Crippen LogP contribution < -0.4 is 4.74 Å². The molecule has 1 fully saturated rings. The topological polar surface area (TPSA) is 73.2 Å². The van der Waals surface area contributed by atoms with Crippen molar-refractivity contribution in [2.24, 2.45) is 0 Å². The van der Waals surface area contributed by atoms with Crippen molar-refractivity contribution in [1.29, 1.82) is 0 Å². The number of methoxy groups -OCH3 is 1. The third-order valence-electron chi connectivity index (χ3n) is 3.83. The highest BCUT2D eigenvalue weighted by Gasteiger charge is 2.30. The molecule has 0 aromatic heterocycles. The lowest BCUT2D eigenvalue weighted by Gasteiger charge is -2.37. The fourth-order valence-electron chi connectivity index (χ4n) is 2.71. The smallest absolute Gasteiger partial charge is 0.325 e. The van der Waals surface area contributed by atoms with Crippen LogP contribution in [0.1, 0.15) is 11.6 Å². The van der Waals surface area contributed by atoms with E-state index in [9.17, 15) is 9.90 Å². The molecule has 2 N–H and O–H groups in total. The fraction of sp³-hybridized carbons (Fsp3) is 0.533. The number of rotatable bonds is 6. The highest BCUT2D eigenvalue weighted by atomic mass is 16.5. The molecular formula is C15H22N2O4. The van der Waals surface area contributed by atoms with Gasteiger partial charge in [0, 0.05) is 32.7 Å². The van der Waals surface area contributed by atoms with E-state index >= 15 is 0 Å². The lowest BCUT2D eigenvalue weighted by molar-refractivity contribution is -0.144. The first kappa shape index (κ1) is 15.8. The first-order valence-electron chi connectivity index (χ1n) is 7.09. The summed E-state index contributed by atoms with van der Waals surface area (Å²) in [6.45, 7) is 3.67. The van der Waals surface area contributed by atoms with Gasteiger partial charge in [-0.2, -0.15) is 0 Å². The molecule has 21 heavy (non-hydrogen) atoms. The molecule has 6 heteroatoms. The van der Waals surface area contributed by atoms with Crippen LogP contribution in [0.15, 0.2) is 24.3 Å². The summed E-state index contributed by atoms with van der Waals surface area (Å²) < 4.78 is 5.17. The van der Waals surface area contributed by atoms with Gasteiger partial charge in [-0.1, -0.05) is 12.1 Å². The predicted molar refractivity (Wildman–Crippen MR) is 78.5 cm³/mol. The van der Waals surface area contributed by atoms with Crippen LogP contribution in [0.4, 0.5) is 0 Å². The summed E-state index contributed by atoms with van der Waals surface area (Å²) in [6.07, 6.45) is 0. The van der Waals surface area contributed by atoms with Gasteiger partial charge >= 0.3 is 5.97 Å². The summed E-state index contributed by atoms with van der Waals surface area (Å²) in [5.41, 5.74) is 0.734. The maximum absolute atomic E-state index is 11.7. The molecule has 1 saturated heterocycles. The van der Waals surface area contributed by atoms with Gasteiger partial charge in [0.05, 0.1) is 13.7 Å². The Morgan fingerprint density at radius 1 is 1.33 bits per heavy atom. The quantitative estimate of drug-likeness (QED) is 0.793. The average Bonchev–Trinajstić information content (AvgIpc) is 2.49. The first-order chi connectivity index (χ1) is 10.2. The number of aliphatic carboxylic acids is 1. The number of aliphatic hydroxyl groups is 1. The van der Waals surface area contributed by atoms with E-state index in [-0.39, 0.29) is 6.61 Å². The second-order valence-electron chi connectivity index (χ2n) is 5.12. The Labute approximate surface area is 124 Å². The van der Waals surface area contributed by atoms with Crippen molar-refractivity contribution in [2.45, 2.75) is 6.04 Å². The molecule has 1 atom stereocenters. The third kappa shape index (κ3) is 3.93. The van der Waals surface area contributed by atoms with Crippen LogP contribution >= 0.6 is 0 Å². The van der Waals surface area contributed by atoms with Crippen molar-refractivity contribution in [2.75, 3.05) is 46.4 Å². The van der Waals surface area contributed by atoms with E-state index in [1.165, 1.54) is 0 Å². The summed E-state index contributed by atoms with van der Waals surface area (Å²) >= 11 is 0. The third-order valence-corrected chi connectivity index (χ3v) is 3.83. The molecule has 1 aliphatic heterocycles. The Hall–Kier alpha value is -1.63. The zero-order valence-corrected chi connectivity index (χ0v) is 12.2. The van der Waals surface area contributed by atoms with E-state index < -0.39 is 12.0 Å². The Kier molecular flexibility index (Phi) is 5.55. The summed E-state index contributed by atoms with van der Waals surface area (Å²) in [5.74, 6) is -0.184. The molecule has 0 spiro atoms. The van der Waals surface area contributed by atoms with Gasteiger partial charge in [0.1, 0.15) is 11.8 Å². The maximum Gasteiger partial charge on any atom is 0.325 e. The number of carboxylic acids is 1. The molecule has 1 aliphatic rings. The molecule has 2 rings (SSSR count). The maximum atomic E-state index is 11.7. The normalized spacial score (nSPS) is 18.4. The van der Waals surface area contributed by atoms with Gasteiger partial charge in [-0.05, 0) is 17.7 Å². The van der Waals surface area contributed by atoms with Crippen LogP contribution in [0.2, 0.25) is 0 Å². The number of nitrogens with zero attached hydrogens (tertiary/aromatic N) is 2. The molecule has 1 heterocycles. The number of carbonyl (C=O) groups is 1. The number of carboxylic acid groups (broad SMARTS) is 1. The highest BCUT2D eigenvalue weighted by molar-refractivity contribution is 5.75. The first-order valence-corrected chi connectivity index (χ1v) is 7.09. The van der Waals surface area contributed by atoms with E-state index in [0.29, 0.717) is 25.4 Å². The van der Waals surface area contributed by atoms with Crippen molar-refractivity contribution in [3.63, 3.8) is 0 Å². The molecule has 1 aromatic rings. The fourth-order valence-corrected chi connectivity index (χ4v) is 2.71. The van der Waals surface area contributed by atoms with Gasteiger partial charge in [-0.3, -0.25) is 14.6 Å². The van der Waals surface area contributed by atoms with Crippen molar-refractivity contribution < 1.29 is 19.7 Å². The highest BCUT2D eigenvalue weighted by Crippen LogP contribution is 2.25. The van der Waals surface area contributed by atoms with Crippen LogP contribution in [0.5, 0.6) is 5.75 Å². The molecule has 0 bridgehead atoms. The van der Waals surface area contributed by atoms with Crippen molar-refractivity contribution in [3.8, 4) is 5.75 Å². The zero-order valence-electron chi connectivity index (χ0n) is 12.2. The summed E-state index contributed by atoms with van der Waals surface area (Å²) in [7, 11) is 1.57. The Balaban J connectivity index is 2.11. The largest absolute Gasteiger partial charge is 0.497 e. The molecule has 0 aliphatic carbocycles. The minimum Gasteiger partial charge on any atom is -0.497 e. The number of hydrogen-bond donors (Lipinski definition) is 2. The van der Waals surface area contributed by atoms with Gasteiger partial charge < -0.3 is 14.9 Å². The van der Waals surface area contributed by atoms with Gasteiger partial charge in [-0.15, -0.1) is 0 Å². The number of aliphatic hydroxyl groups excluding tert-OH is 1. The average molecular weight is 294 g/mol. The van der Waals surface area contributed by atoms with Crippen LogP contribution in [0, 0.1) is 0 Å². The molecule has 0 saturated carbocycles. The molecule has 116 valence electrons. The Bertz CT molecular complexity index is 472. The van der Waals surface area contributed by atoms with E-state index in [0.717, 1.165) is 18.7 Å². The SMILES string of the molecule is COc1cccc(C(C(=O)O)N2CCN(CCO)CC2)c1. The summed E-state index contributed by atoms with van der Waals surface area (Å²) in [5, 5.41) is 18.5. The van der Waals surface area contributed by atoms with Gasteiger partial charge in [0.15, 0.2) is 0 Å². The molecule has 6 nitrogen and oxygen atoms in total. The zero-order chi connectivity index (χ0) is 15.2. The van der Waals surface area contributed by atoms with Crippen LogP contribution in [-0.2, 0) is 4.79 Å². The molecule has 0 amide bonds. The molecular weight excluding hydrogens is 272 g/mol. The van der Waals surface area contributed by atoms with Crippen LogP contribution in [0.3, 0.4) is 0 Å². The van der Waals surface area contributed by atoms with Gasteiger partial charge in [0.25, 0.3) is 0 Å². The van der Waals surface area contributed by atoms with Crippen molar-refractivity contribution in [3.05, 3.63) is 29.8 Å². The van der Waals surface area contributed by atoms with Crippen LogP contribution in [0.25, 0.3) is 0 Å². The summed E-state index contributed by atoms with van der Waals surface area (Å²) in [6, 6.07) is 6.56. The van der Waals surface area contributed by atoms with Crippen molar-refractivity contribution >= 4 is 5.97 Å². The summed E-state index contributed by atoms with van der Waals surface area (Å²) in [4.78, 5) is 15.8. The number of ether oxygens (including phenoxy) is 1. The van der Waals surface area contributed by atoms with Crippen LogP contribution in [-0.4, -0.2) is 72.4 Å². The Morgan fingerprint density at radius 3 is 2.62 bits per heavy atom. The standard InChI is InChI=1S/C15H22N2O4/c1-21-13-4-2-3-12(11-13)14(15(19)20)17-7-5-16(6-8-17)9-10-18/h2-4,11,14,18H,5-10H2,1H3,(H,19,20). The van der Waals surface area contributed by atoms with E-state index in [4.69, 9.17) is 9.84 Å². The van der Waals surface area contributed by atoms with Gasteiger partial charge in [0.2, 0.25) is 0 Å². The van der Waals surface area contributed by atoms with Gasteiger partial charge in [-0.25, -0.2) is 0 Å². The lowest BCUT2D eigenvalue weighted by Crippen LogP contribution is -2.49. The van der Waals surface area contributed by atoms with E-state index in [2.05, 4.69) is 4.90 Å². The van der Waals surface area contributed by atoms with Crippen molar-refractivity contribution in [1.82, 2.24) is 9.80 Å². The number of hydrogen-bond acceptors (Lipinski definition) is 5. The Morgan fingerprint density at radius 2 is 2.05 bits per heavy atom. The molecule has 1 unspecified atom stereocenters. The monoisotopic (exact) mass is 294 g/mol. The predicted octanol–water partition coefficient (Wildman–Crippen LogP) is 0.431. The number of piperazine rings is 1. The van der Waals surface area contributed by atoms with E-state index in [1.807, 2.05) is 23.1 Å². The second kappa shape index (κ2) is 7.40. The minimum atomic E-state index is -0.848. The second-order valence-corrected chi connectivity index (χ2v) is 5.12. The van der Waals surface area contributed by atoms with E-state index in [1.54, 1.807) is 13.2 Å². The molecule has 0 radical (unpaired) electrons. The lowest BCUT2D eigenvalue weighted by atomic mass is 10.0. The number of benzene rings is 1. The molecule has 1 aromatic carbocycles. The number of β-amino-alcohol motifs (C(OH)–C–C–N with tert-alkyl or cyclic N) is 1. The minimum absolute atomic E-state index is 0.137.